The number of carbonyl (C=O) groups is 5. The number of aliphatic hydroxyl groups excluding tert-OH is 1. The Balaban J connectivity index is 1.75. The molecule has 0 aliphatic heterocycles. The monoisotopic (exact) mass is 596 g/mol. The molecule has 0 aromatic heterocycles. The minimum Gasteiger partial charge on any atom is -0.452 e. The molecule has 0 bridgehead atoms. The molecule has 0 aliphatic carbocycles. The molecule has 4 atom stereocenters. The summed E-state index contributed by atoms with van der Waals surface area (Å²) in [6.45, 7) is -0.928. The van der Waals surface area contributed by atoms with Crippen molar-refractivity contribution >= 4 is 30.2 Å². The lowest BCUT2D eigenvalue weighted by molar-refractivity contribution is -0.142. The maximum absolute atomic E-state index is 13.3. The lowest BCUT2D eigenvalue weighted by Crippen LogP contribution is -2.53. The van der Waals surface area contributed by atoms with Gasteiger partial charge in [-0.25, -0.2) is 19.2 Å². The van der Waals surface area contributed by atoms with Gasteiger partial charge in [0.25, 0.3) is 0 Å². The van der Waals surface area contributed by atoms with Crippen molar-refractivity contribution in [1.29, 1.82) is 0 Å². The van der Waals surface area contributed by atoms with E-state index in [4.69, 9.17) is 18.9 Å². The van der Waals surface area contributed by atoms with E-state index in [-0.39, 0.29) is 28.5 Å². The fourth-order valence-corrected chi connectivity index (χ4v) is 4.13. The van der Waals surface area contributed by atoms with Crippen LogP contribution < -0.4 is 0 Å². The van der Waals surface area contributed by atoms with Gasteiger partial charge in [-0.15, -0.1) is 0 Å². The normalized spacial score (nSPS) is 13.3. The highest BCUT2D eigenvalue weighted by Gasteiger charge is 2.45. The lowest BCUT2D eigenvalue weighted by Gasteiger charge is -2.34. The molecule has 0 radical (unpaired) electrons. The Kier molecular flexibility index (Phi) is 11.1. The molecule has 224 valence electrons. The molecule has 10 nitrogen and oxygen atoms in total. The van der Waals surface area contributed by atoms with E-state index < -0.39 is 54.9 Å². The van der Waals surface area contributed by atoms with Gasteiger partial charge >= 0.3 is 23.9 Å². The predicted molar refractivity (Wildman–Crippen MR) is 156 cm³/mol. The number of hydrogen-bond donors (Lipinski definition) is 1. The molecule has 4 aromatic rings. The third-order valence-electron chi connectivity index (χ3n) is 6.35. The highest BCUT2D eigenvalue weighted by molar-refractivity contribution is 5.92. The first kappa shape index (κ1) is 31.3. The van der Waals surface area contributed by atoms with Gasteiger partial charge in [-0.1, -0.05) is 72.8 Å². The molecule has 0 amide bonds. The summed E-state index contributed by atoms with van der Waals surface area (Å²) >= 11 is 0. The molecule has 10 heteroatoms. The van der Waals surface area contributed by atoms with E-state index in [9.17, 15) is 29.1 Å². The summed E-state index contributed by atoms with van der Waals surface area (Å²) in [6.07, 6.45) is -7.05. The van der Waals surface area contributed by atoms with Crippen LogP contribution in [0.15, 0.2) is 121 Å². The zero-order chi connectivity index (χ0) is 31.3. The average molecular weight is 597 g/mol. The van der Waals surface area contributed by atoms with E-state index in [1.54, 1.807) is 72.8 Å². The number of benzene rings is 4. The SMILES string of the molecule is O=C[C@H](OC(=O)c1ccccc1)[C@H](OC(=O)c1ccccc1)[C@@H](OC(=O)c1ccccc1)[C@H](CO)OC(=O)c1ccccc1. The van der Waals surface area contributed by atoms with Crippen LogP contribution in [0, 0.1) is 0 Å². The van der Waals surface area contributed by atoms with Crippen molar-refractivity contribution in [2.75, 3.05) is 6.61 Å². The quantitative estimate of drug-likeness (QED) is 0.136. The first-order valence-electron chi connectivity index (χ1n) is 13.5. The molecular formula is C34H28O10. The number of aldehydes is 1. The minimum atomic E-state index is -1.87. The summed E-state index contributed by atoms with van der Waals surface area (Å²) < 4.78 is 22.3. The number of aliphatic hydroxyl groups is 1. The number of hydrogen-bond acceptors (Lipinski definition) is 10. The van der Waals surface area contributed by atoms with Crippen molar-refractivity contribution in [2.24, 2.45) is 0 Å². The van der Waals surface area contributed by atoms with Crippen LogP contribution in [-0.2, 0) is 23.7 Å². The van der Waals surface area contributed by atoms with Crippen LogP contribution in [0.5, 0.6) is 0 Å². The van der Waals surface area contributed by atoms with Gasteiger partial charge in [0, 0.05) is 0 Å². The molecule has 1 N–H and O–H groups in total. The van der Waals surface area contributed by atoms with Gasteiger partial charge in [0.2, 0.25) is 0 Å². The molecule has 0 unspecified atom stereocenters. The van der Waals surface area contributed by atoms with Gasteiger partial charge in [-0.2, -0.15) is 0 Å². The van der Waals surface area contributed by atoms with Crippen molar-refractivity contribution in [1.82, 2.24) is 0 Å². The fraction of sp³-hybridized carbons (Fsp3) is 0.147. The van der Waals surface area contributed by atoms with Crippen LogP contribution in [-0.4, -0.2) is 66.3 Å². The zero-order valence-electron chi connectivity index (χ0n) is 23.3. The maximum Gasteiger partial charge on any atom is 0.338 e. The van der Waals surface area contributed by atoms with E-state index >= 15 is 0 Å². The van der Waals surface area contributed by atoms with Gasteiger partial charge in [0.15, 0.2) is 30.7 Å². The summed E-state index contributed by atoms with van der Waals surface area (Å²) in [5.74, 6) is -3.77. The van der Waals surface area contributed by atoms with Crippen molar-refractivity contribution in [2.45, 2.75) is 24.4 Å². The molecular weight excluding hydrogens is 568 g/mol. The Morgan fingerprint density at radius 3 is 1.16 bits per heavy atom. The Hall–Kier alpha value is -5.61. The third kappa shape index (κ3) is 8.24. The van der Waals surface area contributed by atoms with E-state index in [2.05, 4.69) is 0 Å². The summed E-state index contributed by atoms with van der Waals surface area (Å²) in [7, 11) is 0. The highest BCUT2D eigenvalue weighted by Crippen LogP contribution is 2.23. The topological polar surface area (TPSA) is 143 Å². The van der Waals surface area contributed by atoms with Crippen LogP contribution >= 0.6 is 0 Å². The molecule has 0 spiro atoms. The molecule has 0 heterocycles. The van der Waals surface area contributed by atoms with E-state index in [0.717, 1.165) is 0 Å². The molecule has 0 saturated carbocycles. The number of carbonyl (C=O) groups excluding carboxylic acids is 5. The highest BCUT2D eigenvalue weighted by atomic mass is 16.6. The zero-order valence-corrected chi connectivity index (χ0v) is 23.3. The number of rotatable bonds is 13. The van der Waals surface area contributed by atoms with Gasteiger partial charge < -0.3 is 24.1 Å². The maximum atomic E-state index is 13.3. The average Bonchev–Trinajstić information content (AvgIpc) is 3.09. The van der Waals surface area contributed by atoms with Crippen molar-refractivity contribution < 1.29 is 48.0 Å². The molecule has 4 aromatic carbocycles. The predicted octanol–water partition coefficient (Wildman–Crippen LogP) is 4.08. The third-order valence-corrected chi connectivity index (χ3v) is 6.35. The first-order valence-corrected chi connectivity index (χ1v) is 13.5. The van der Waals surface area contributed by atoms with Gasteiger partial charge in [0.1, 0.15) is 0 Å². The lowest BCUT2D eigenvalue weighted by atomic mass is 10.0. The summed E-state index contributed by atoms with van der Waals surface area (Å²) in [4.78, 5) is 65.0. The van der Waals surface area contributed by atoms with Gasteiger partial charge in [0.05, 0.1) is 28.9 Å². The number of ether oxygens (including phenoxy) is 4. The minimum absolute atomic E-state index is 0.0616. The molecule has 0 saturated heterocycles. The second-order valence-electron chi connectivity index (χ2n) is 9.34. The van der Waals surface area contributed by atoms with Crippen molar-refractivity contribution in [3.05, 3.63) is 144 Å². The molecule has 4 rings (SSSR count). The summed E-state index contributed by atoms with van der Waals surface area (Å²) in [5.41, 5.74) is 0.325. The Morgan fingerprint density at radius 2 is 0.818 bits per heavy atom. The smallest absolute Gasteiger partial charge is 0.338 e. The molecule has 0 fully saturated rings. The van der Waals surface area contributed by atoms with Crippen LogP contribution in [0.1, 0.15) is 41.4 Å². The van der Waals surface area contributed by atoms with E-state index in [1.165, 1.54) is 48.5 Å². The summed E-state index contributed by atoms with van der Waals surface area (Å²) in [5, 5.41) is 10.4. The second kappa shape index (κ2) is 15.6. The van der Waals surface area contributed by atoms with Crippen molar-refractivity contribution in [3.63, 3.8) is 0 Å². The molecule has 0 aliphatic rings. The van der Waals surface area contributed by atoms with Crippen LogP contribution in [0.25, 0.3) is 0 Å². The first-order chi connectivity index (χ1) is 21.4. The fourth-order valence-electron chi connectivity index (χ4n) is 4.13. The Bertz CT molecular complexity index is 1540. The Morgan fingerprint density at radius 1 is 0.500 bits per heavy atom. The standard InChI is InChI=1S/C34H28O10/c35-21-27(41-31(37)23-13-5-1-6-14-23)29(43-33(39)25-17-9-3-10-18-25)30(44-34(40)26-19-11-4-12-20-26)28(22-36)42-32(38)24-15-7-2-8-16-24/h1-21,27-30,36H,22H2/t27-,28-,29-,30-/m0/s1. The Labute approximate surface area is 252 Å². The van der Waals surface area contributed by atoms with E-state index in [1.807, 2.05) is 0 Å². The van der Waals surface area contributed by atoms with Gasteiger partial charge in [-0.3, -0.25) is 4.79 Å². The van der Waals surface area contributed by atoms with E-state index in [0.29, 0.717) is 0 Å². The van der Waals surface area contributed by atoms with Crippen LogP contribution in [0.4, 0.5) is 0 Å². The van der Waals surface area contributed by atoms with Crippen molar-refractivity contribution in [3.8, 4) is 0 Å². The van der Waals surface area contributed by atoms with Crippen LogP contribution in [0.2, 0.25) is 0 Å². The largest absolute Gasteiger partial charge is 0.452 e. The molecule has 44 heavy (non-hydrogen) atoms. The number of esters is 4. The van der Waals surface area contributed by atoms with Crippen LogP contribution in [0.3, 0.4) is 0 Å². The van der Waals surface area contributed by atoms with Gasteiger partial charge in [-0.05, 0) is 48.5 Å². The second-order valence-corrected chi connectivity index (χ2v) is 9.34. The summed E-state index contributed by atoms with van der Waals surface area (Å²) in [6, 6.07) is 30.9.